The first kappa shape index (κ1) is 18.9. The average molecular weight is 376 g/mol. The Morgan fingerprint density at radius 1 is 0.893 bits per heavy atom. The summed E-state index contributed by atoms with van der Waals surface area (Å²) in [6.07, 6.45) is 1.56. The van der Waals surface area contributed by atoms with Crippen molar-refractivity contribution in [2.45, 2.75) is 6.92 Å². The van der Waals surface area contributed by atoms with Gasteiger partial charge in [-0.3, -0.25) is 9.59 Å². The smallest absolute Gasteiger partial charge is 0.255 e. The molecule has 142 valence electrons. The molecule has 1 aromatic heterocycles. The maximum atomic E-state index is 12.5. The normalized spacial score (nSPS) is 10.1. The molecule has 7 nitrogen and oxygen atoms in total. The quantitative estimate of drug-likeness (QED) is 0.604. The molecule has 3 aromatic rings. The Labute approximate surface area is 162 Å². The van der Waals surface area contributed by atoms with E-state index in [4.69, 9.17) is 4.74 Å². The highest BCUT2D eigenvalue weighted by Gasteiger charge is 2.08. The Morgan fingerprint density at radius 2 is 1.64 bits per heavy atom. The Kier molecular flexibility index (Phi) is 5.86. The number of hydrogen-bond acceptors (Lipinski definition) is 5. The van der Waals surface area contributed by atoms with Crippen molar-refractivity contribution in [1.29, 1.82) is 0 Å². The van der Waals surface area contributed by atoms with Crippen LogP contribution in [0.1, 0.15) is 17.3 Å². The number of rotatable bonds is 6. The molecule has 0 aliphatic carbocycles. The van der Waals surface area contributed by atoms with E-state index in [0.29, 0.717) is 28.5 Å². The number of carbonyl (C=O) groups is 2. The fourth-order valence-electron chi connectivity index (χ4n) is 2.53. The molecule has 0 fully saturated rings. The summed E-state index contributed by atoms with van der Waals surface area (Å²) >= 11 is 0. The van der Waals surface area contributed by atoms with Gasteiger partial charge in [-0.15, -0.1) is 0 Å². The number of methoxy groups -OCH3 is 1. The van der Waals surface area contributed by atoms with Crippen LogP contribution in [0.2, 0.25) is 0 Å². The average Bonchev–Trinajstić information content (AvgIpc) is 2.69. The van der Waals surface area contributed by atoms with Gasteiger partial charge in [0.1, 0.15) is 11.6 Å². The van der Waals surface area contributed by atoms with E-state index in [-0.39, 0.29) is 11.8 Å². The fourth-order valence-corrected chi connectivity index (χ4v) is 2.53. The fraction of sp³-hybridized carbons (Fsp3) is 0.0952. The minimum atomic E-state index is -0.250. The predicted octanol–water partition coefficient (Wildman–Crippen LogP) is 4.04. The number of nitrogens with one attached hydrogen (secondary N) is 3. The van der Waals surface area contributed by atoms with Gasteiger partial charge in [0.2, 0.25) is 5.91 Å². The second kappa shape index (κ2) is 8.68. The highest BCUT2D eigenvalue weighted by atomic mass is 16.5. The van der Waals surface area contributed by atoms with Gasteiger partial charge >= 0.3 is 0 Å². The molecule has 3 N–H and O–H groups in total. The molecule has 0 bridgehead atoms. The molecule has 0 aliphatic heterocycles. The lowest BCUT2D eigenvalue weighted by atomic mass is 10.2. The topological polar surface area (TPSA) is 92.3 Å². The van der Waals surface area contributed by atoms with E-state index in [1.165, 1.54) is 6.92 Å². The van der Waals surface area contributed by atoms with Crippen LogP contribution in [-0.4, -0.2) is 23.9 Å². The molecule has 2 aromatic carbocycles. The zero-order valence-electron chi connectivity index (χ0n) is 15.5. The number of ether oxygens (including phenoxy) is 1. The van der Waals surface area contributed by atoms with Crippen molar-refractivity contribution in [2.24, 2.45) is 0 Å². The van der Waals surface area contributed by atoms with Gasteiger partial charge in [0.25, 0.3) is 5.91 Å². The van der Waals surface area contributed by atoms with Gasteiger partial charge in [-0.25, -0.2) is 4.98 Å². The molecular formula is C21H20N4O3. The first-order chi connectivity index (χ1) is 13.5. The van der Waals surface area contributed by atoms with Gasteiger partial charge < -0.3 is 20.7 Å². The zero-order valence-corrected chi connectivity index (χ0v) is 15.5. The van der Waals surface area contributed by atoms with Crippen LogP contribution in [0.25, 0.3) is 0 Å². The van der Waals surface area contributed by atoms with Crippen molar-refractivity contribution in [3.05, 3.63) is 72.4 Å². The Balaban J connectivity index is 1.69. The molecule has 0 radical (unpaired) electrons. The molecule has 0 spiro atoms. The monoisotopic (exact) mass is 376 g/mol. The van der Waals surface area contributed by atoms with Crippen molar-refractivity contribution in [1.82, 2.24) is 4.98 Å². The summed E-state index contributed by atoms with van der Waals surface area (Å²) in [5.41, 5.74) is 2.60. The predicted molar refractivity (Wildman–Crippen MR) is 109 cm³/mol. The summed E-state index contributed by atoms with van der Waals surface area (Å²) in [7, 11) is 1.57. The van der Waals surface area contributed by atoms with E-state index in [1.807, 2.05) is 12.1 Å². The summed E-state index contributed by atoms with van der Waals surface area (Å²) in [4.78, 5) is 27.8. The highest BCUT2D eigenvalue weighted by molar-refractivity contribution is 6.04. The lowest BCUT2D eigenvalue weighted by Gasteiger charge is -2.10. The molecule has 0 aliphatic rings. The third-order valence-corrected chi connectivity index (χ3v) is 3.83. The van der Waals surface area contributed by atoms with Crippen LogP contribution in [0.5, 0.6) is 5.75 Å². The van der Waals surface area contributed by atoms with Crippen molar-refractivity contribution in [2.75, 3.05) is 23.1 Å². The van der Waals surface area contributed by atoms with E-state index < -0.39 is 0 Å². The molecule has 2 amide bonds. The molecule has 7 heteroatoms. The van der Waals surface area contributed by atoms with Crippen LogP contribution >= 0.6 is 0 Å². The van der Waals surface area contributed by atoms with Crippen LogP contribution < -0.4 is 20.7 Å². The van der Waals surface area contributed by atoms with Crippen LogP contribution in [0.3, 0.4) is 0 Å². The van der Waals surface area contributed by atoms with Crippen molar-refractivity contribution in [3.8, 4) is 5.75 Å². The third-order valence-electron chi connectivity index (χ3n) is 3.83. The van der Waals surface area contributed by atoms with Crippen molar-refractivity contribution in [3.63, 3.8) is 0 Å². The van der Waals surface area contributed by atoms with Gasteiger partial charge in [0, 0.05) is 41.8 Å². The number of benzene rings is 2. The molecule has 1 heterocycles. The first-order valence-electron chi connectivity index (χ1n) is 8.59. The second-order valence-electron chi connectivity index (χ2n) is 6.00. The van der Waals surface area contributed by atoms with Crippen LogP contribution in [0.4, 0.5) is 22.9 Å². The Morgan fingerprint density at radius 3 is 2.36 bits per heavy atom. The van der Waals surface area contributed by atoms with E-state index in [9.17, 15) is 9.59 Å². The van der Waals surface area contributed by atoms with Gasteiger partial charge in [-0.1, -0.05) is 6.07 Å². The maximum absolute atomic E-state index is 12.5. The molecule has 3 rings (SSSR count). The molecule has 28 heavy (non-hydrogen) atoms. The number of nitrogens with zero attached hydrogens (tertiary/aromatic N) is 1. The maximum Gasteiger partial charge on any atom is 0.255 e. The Hall–Kier alpha value is -3.87. The molecule has 0 unspecified atom stereocenters. The molecule has 0 saturated carbocycles. The zero-order chi connectivity index (χ0) is 19.9. The van der Waals surface area contributed by atoms with E-state index in [1.54, 1.807) is 61.8 Å². The van der Waals surface area contributed by atoms with Gasteiger partial charge in [-0.2, -0.15) is 0 Å². The van der Waals surface area contributed by atoms with E-state index in [0.717, 1.165) is 5.69 Å². The SMILES string of the molecule is COc1cccc(NC(=O)c2ccnc(Nc3ccc(NC(C)=O)cc3)c2)c1. The largest absolute Gasteiger partial charge is 0.497 e. The van der Waals surface area contributed by atoms with Gasteiger partial charge in [-0.05, 0) is 48.5 Å². The summed E-state index contributed by atoms with van der Waals surface area (Å²) in [6, 6.07) is 17.6. The van der Waals surface area contributed by atoms with Crippen LogP contribution in [-0.2, 0) is 4.79 Å². The van der Waals surface area contributed by atoms with E-state index in [2.05, 4.69) is 20.9 Å². The molecular weight excluding hydrogens is 356 g/mol. The highest BCUT2D eigenvalue weighted by Crippen LogP contribution is 2.20. The minimum absolute atomic E-state index is 0.128. The van der Waals surface area contributed by atoms with Crippen LogP contribution in [0.15, 0.2) is 66.9 Å². The summed E-state index contributed by atoms with van der Waals surface area (Å²) < 4.78 is 5.16. The Bertz CT molecular complexity index is 987. The minimum Gasteiger partial charge on any atom is -0.497 e. The lowest BCUT2D eigenvalue weighted by Crippen LogP contribution is -2.12. The first-order valence-corrected chi connectivity index (χ1v) is 8.59. The number of carbonyl (C=O) groups excluding carboxylic acids is 2. The molecule has 0 saturated heterocycles. The number of pyridine rings is 1. The van der Waals surface area contributed by atoms with Gasteiger partial charge in [0.05, 0.1) is 7.11 Å². The summed E-state index contributed by atoms with van der Waals surface area (Å²) in [5, 5.41) is 8.68. The number of amides is 2. The summed E-state index contributed by atoms with van der Waals surface area (Å²) in [6.45, 7) is 1.46. The number of anilines is 4. The second-order valence-corrected chi connectivity index (χ2v) is 6.00. The number of aromatic nitrogens is 1. The van der Waals surface area contributed by atoms with Gasteiger partial charge in [0.15, 0.2) is 0 Å². The molecule has 0 atom stereocenters. The third kappa shape index (κ3) is 5.07. The summed E-state index contributed by atoms with van der Waals surface area (Å²) in [5.74, 6) is 0.819. The van der Waals surface area contributed by atoms with Crippen molar-refractivity contribution < 1.29 is 14.3 Å². The lowest BCUT2D eigenvalue weighted by molar-refractivity contribution is -0.114. The van der Waals surface area contributed by atoms with E-state index >= 15 is 0 Å². The standard InChI is InChI=1S/C21H20N4O3/c1-14(26)23-16-6-8-17(9-7-16)24-20-12-15(10-11-22-20)21(27)25-18-4-3-5-19(13-18)28-2/h3-13H,1-2H3,(H,22,24)(H,23,26)(H,25,27). The van der Waals surface area contributed by atoms with Crippen LogP contribution in [0, 0.1) is 0 Å². The van der Waals surface area contributed by atoms with Crippen molar-refractivity contribution >= 4 is 34.7 Å². The number of hydrogen-bond donors (Lipinski definition) is 3.